The van der Waals surface area contributed by atoms with Crippen molar-refractivity contribution in [3.05, 3.63) is 130 Å². The summed E-state index contributed by atoms with van der Waals surface area (Å²) in [6.07, 6.45) is -0.430. The van der Waals surface area contributed by atoms with Gasteiger partial charge in [-0.3, -0.25) is 14.8 Å². The van der Waals surface area contributed by atoms with E-state index >= 15 is 0 Å². The predicted octanol–water partition coefficient (Wildman–Crippen LogP) is 5.84. The zero-order valence-electron chi connectivity index (χ0n) is 32.2. The van der Waals surface area contributed by atoms with Crippen LogP contribution in [0.3, 0.4) is 0 Å². The van der Waals surface area contributed by atoms with E-state index in [0.717, 1.165) is 11.1 Å². The van der Waals surface area contributed by atoms with E-state index in [9.17, 15) is 19.2 Å². The van der Waals surface area contributed by atoms with Gasteiger partial charge in [-0.05, 0) is 63.1 Å². The fraction of sp³-hybridized carbons (Fsp3) is 0.381. The second-order valence-corrected chi connectivity index (χ2v) is 14.4. The van der Waals surface area contributed by atoms with Crippen LogP contribution >= 0.6 is 0 Å². The van der Waals surface area contributed by atoms with Crippen molar-refractivity contribution in [2.75, 3.05) is 46.4 Å². The third kappa shape index (κ3) is 12.7. The van der Waals surface area contributed by atoms with Crippen LogP contribution in [0, 0.1) is 6.92 Å². The van der Waals surface area contributed by atoms with Crippen molar-refractivity contribution in [2.45, 2.75) is 59.6 Å². The number of hydrogen-bond donors (Lipinski definition) is 0. The van der Waals surface area contributed by atoms with Crippen LogP contribution in [0.1, 0.15) is 80.2 Å². The molecule has 1 aliphatic heterocycles. The molecular formula is C42H49N5O8. The van der Waals surface area contributed by atoms with Crippen molar-refractivity contribution in [2.24, 2.45) is 0 Å². The van der Waals surface area contributed by atoms with Gasteiger partial charge in [0.15, 0.2) is 0 Å². The normalized spacial score (nSPS) is 14.2. The second-order valence-electron chi connectivity index (χ2n) is 14.4. The molecule has 1 fully saturated rings. The summed E-state index contributed by atoms with van der Waals surface area (Å²) in [4.78, 5) is 67.5. The Labute approximate surface area is 322 Å². The summed E-state index contributed by atoms with van der Waals surface area (Å²) < 4.78 is 21.9. The molecule has 0 unspecified atom stereocenters. The minimum Gasteiger partial charge on any atom is -0.464 e. The van der Waals surface area contributed by atoms with Gasteiger partial charge in [-0.15, -0.1) is 0 Å². The maximum absolute atomic E-state index is 13.4. The molecular weight excluding hydrogens is 702 g/mol. The van der Waals surface area contributed by atoms with Gasteiger partial charge in [0.25, 0.3) is 0 Å². The fourth-order valence-electron chi connectivity index (χ4n) is 5.97. The first kappa shape index (κ1) is 40.5. The maximum atomic E-state index is 13.4. The Bertz CT molecular complexity index is 1930. The first-order valence-corrected chi connectivity index (χ1v) is 18.3. The molecule has 0 aliphatic carbocycles. The lowest BCUT2D eigenvalue weighted by Gasteiger charge is -2.29. The minimum absolute atomic E-state index is 0.0171. The van der Waals surface area contributed by atoms with E-state index in [1.165, 1.54) is 13.2 Å². The van der Waals surface area contributed by atoms with E-state index in [2.05, 4.69) is 14.8 Å². The molecule has 290 valence electrons. The third-order valence-electron chi connectivity index (χ3n) is 8.70. The zero-order valence-corrected chi connectivity index (χ0v) is 32.2. The number of pyridine rings is 2. The van der Waals surface area contributed by atoms with Gasteiger partial charge in [-0.2, -0.15) is 0 Å². The molecule has 0 atom stereocenters. The highest BCUT2D eigenvalue weighted by Gasteiger charge is 2.26. The quantitative estimate of drug-likeness (QED) is 0.134. The lowest BCUT2D eigenvalue weighted by atomic mass is 10.1. The summed E-state index contributed by atoms with van der Waals surface area (Å²) in [5.74, 6) is -1.72. The van der Waals surface area contributed by atoms with Gasteiger partial charge in [0.1, 0.15) is 24.5 Å². The number of rotatable bonds is 11. The fourth-order valence-corrected chi connectivity index (χ4v) is 5.97. The summed E-state index contributed by atoms with van der Waals surface area (Å²) in [6, 6.07) is 25.2. The van der Waals surface area contributed by atoms with E-state index in [4.69, 9.17) is 23.9 Å². The van der Waals surface area contributed by atoms with Crippen molar-refractivity contribution in [1.82, 2.24) is 24.7 Å². The first-order valence-electron chi connectivity index (χ1n) is 18.3. The van der Waals surface area contributed by atoms with Crippen LogP contribution in [0.15, 0.2) is 84.9 Å². The highest BCUT2D eigenvalue weighted by atomic mass is 16.6. The summed E-state index contributed by atoms with van der Waals surface area (Å²) in [5, 5.41) is 0. The molecule has 2 aromatic carbocycles. The van der Waals surface area contributed by atoms with Crippen molar-refractivity contribution in [1.29, 1.82) is 0 Å². The Morgan fingerprint density at radius 3 is 1.60 bits per heavy atom. The van der Waals surface area contributed by atoms with E-state index in [0.29, 0.717) is 68.5 Å². The summed E-state index contributed by atoms with van der Waals surface area (Å²) in [6.45, 7) is 11.1. The van der Waals surface area contributed by atoms with Crippen molar-refractivity contribution in [3.8, 4) is 0 Å². The lowest BCUT2D eigenvalue weighted by Crippen LogP contribution is -2.42. The number of benzene rings is 2. The molecule has 1 saturated heterocycles. The Morgan fingerprint density at radius 2 is 1.11 bits per heavy atom. The molecule has 1 aliphatic rings. The summed E-state index contributed by atoms with van der Waals surface area (Å²) >= 11 is 0. The van der Waals surface area contributed by atoms with Crippen LogP contribution in [0.25, 0.3) is 0 Å². The highest BCUT2D eigenvalue weighted by molar-refractivity contribution is 5.94. The van der Waals surface area contributed by atoms with E-state index in [1.54, 1.807) is 23.1 Å². The number of esters is 3. The molecule has 0 radical (unpaired) electrons. The van der Waals surface area contributed by atoms with Crippen LogP contribution < -0.4 is 0 Å². The van der Waals surface area contributed by atoms with Crippen LogP contribution in [0.5, 0.6) is 0 Å². The summed E-state index contributed by atoms with van der Waals surface area (Å²) in [7, 11) is 1.26. The Balaban J connectivity index is 1.35. The number of amides is 1. The number of carbonyl (C=O) groups is 4. The van der Waals surface area contributed by atoms with E-state index in [-0.39, 0.29) is 31.0 Å². The smallest absolute Gasteiger partial charge is 0.410 e. The standard InChI is InChI=1S/C42H49N5O8/c1-30-22-33(38(48)53-28-31-12-8-6-9-13-31)23-35(43-30)26-45-16-17-46(19-21-47(20-18-45)41(51)55-42(2,3)4)27-36-24-34(25-37(44-36)40(50)52-5)39(49)54-29-32-14-10-7-11-15-32/h6-15,22-25H,16-21,26-29H2,1-5H3. The van der Waals surface area contributed by atoms with Gasteiger partial charge < -0.3 is 23.8 Å². The first-order chi connectivity index (χ1) is 26.3. The highest BCUT2D eigenvalue weighted by Crippen LogP contribution is 2.17. The number of aryl methyl sites for hydroxylation is 1. The van der Waals surface area contributed by atoms with Crippen LogP contribution in [-0.4, -0.2) is 101 Å². The van der Waals surface area contributed by atoms with E-state index in [1.807, 2.05) is 88.4 Å². The van der Waals surface area contributed by atoms with Crippen molar-refractivity contribution < 1.29 is 38.1 Å². The topological polar surface area (TPSA) is 141 Å². The SMILES string of the molecule is COC(=O)c1cc(C(=O)OCc2ccccc2)cc(CN2CCN(Cc3cc(C(=O)OCc4ccccc4)cc(C)n3)CCN(C(=O)OC(C)(C)C)CC2)n1. The van der Waals surface area contributed by atoms with Crippen LogP contribution in [0.4, 0.5) is 4.79 Å². The number of hydrogen-bond acceptors (Lipinski definition) is 12. The predicted molar refractivity (Wildman–Crippen MR) is 204 cm³/mol. The molecule has 0 saturated carbocycles. The monoisotopic (exact) mass is 751 g/mol. The molecule has 0 bridgehead atoms. The van der Waals surface area contributed by atoms with Gasteiger partial charge >= 0.3 is 24.0 Å². The van der Waals surface area contributed by atoms with Gasteiger partial charge in [-0.1, -0.05) is 60.7 Å². The molecule has 3 heterocycles. The molecule has 5 rings (SSSR count). The Hall–Kier alpha value is -5.66. The van der Waals surface area contributed by atoms with Gasteiger partial charge in [0, 0.05) is 58.1 Å². The molecule has 1 amide bonds. The average Bonchev–Trinajstić information content (AvgIpc) is 3.26. The molecule has 0 N–H and O–H groups in total. The average molecular weight is 752 g/mol. The largest absolute Gasteiger partial charge is 0.464 e. The van der Waals surface area contributed by atoms with Crippen molar-refractivity contribution in [3.63, 3.8) is 0 Å². The zero-order chi connectivity index (χ0) is 39.4. The lowest BCUT2D eigenvalue weighted by molar-refractivity contribution is 0.0228. The number of nitrogens with zero attached hydrogens (tertiary/aromatic N) is 5. The number of methoxy groups -OCH3 is 1. The van der Waals surface area contributed by atoms with Gasteiger partial charge in [0.05, 0.1) is 29.6 Å². The van der Waals surface area contributed by atoms with Crippen LogP contribution in [0.2, 0.25) is 0 Å². The molecule has 4 aromatic rings. The number of carbonyl (C=O) groups excluding carboxylic acids is 4. The van der Waals surface area contributed by atoms with Gasteiger partial charge in [0.2, 0.25) is 0 Å². The maximum Gasteiger partial charge on any atom is 0.410 e. The Morgan fingerprint density at radius 1 is 0.636 bits per heavy atom. The molecule has 55 heavy (non-hydrogen) atoms. The number of ether oxygens (including phenoxy) is 4. The van der Waals surface area contributed by atoms with Gasteiger partial charge in [-0.25, -0.2) is 24.2 Å². The Kier molecular flexibility index (Phi) is 14.1. The van der Waals surface area contributed by atoms with Crippen LogP contribution in [-0.2, 0) is 45.3 Å². The molecule has 0 spiro atoms. The molecule has 13 heteroatoms. The molecule has 13 nitrogen and oxygen atoms in total. The van der Waals surface area contributed by atoms with E-state index < -0.39 is 29.6 Å². The molecule has 2 aromatic heterocycles. The third-order valence-corrected chi connectivity index (χ3v) is 8.70. The van der Waals surface area contributed by atoms with Crippen molar-refractivity contribution >= 4 is 24.0 Å². The minimum atomic E-state index is -0.685. The summed E-state index contributed by atoms with van der Waals surface area (Å²) in [5.41, 5.74) is 3.43. The number of aromatic nitrogens is 2. The second kappa shape index (κ2) is 19.1.